The molecule has 0 aliphatic heterocycles. The van der Waals surface area contributed by atoms with Crippen molar-refractivity contribution in [3.63, 3.8) is 0 Å². The van der Waals surface area contributed by atoms with Crippen LogP contribution in [0.4, 0.5) is 17.1 Å². The van der Waals surface area contributed by atoms with Crippen LogP contribution in [0.3, 0.4) is 0 Å². The maximum absolute atomic E-state index is 10.8. The number of nitro groups is 1. The molecule has 0 radical (unpaired) electrons. The number of methoxy groups -OCH3 is 1. The van der Waals surface area contributed by atoms with E-state index in [9.17, 15) is 10.1 Å². The molecule has 0 saturated heterocycles. The molecule has 100 valence electrons. The number of nitrogens with one attached hydrogen (secondary N) is 1. The van der Waals surface area contributed by atoms with Gasteiger partial charge in [0.1, 0.15) is 0 Å². The molecule has 18 heavy (non-hydrogen) atoms. The second-order valence-corrected chi connectivity index (χ2v) is 4.05. The maximum Gasteiger partial charge on any atom is 0.273 e. The SMILES string of the molecule is COCC(C)N(C)c1cc(NN)cc([N+](=O)[O-])c1. The summed E-state index contributed by atoms with van der Waals surface area (Å²) < 4.78 is 5.06. The van der Waals surface area contributed by atoms with Crippen molar-refractivity contribution in [3.05, 3.63) is 28.3 Å². The number of ether oxygens (including phenoxy) is 1. The Morgan fingerprint density at radius 1 is 1.56 bits per heavy atom. The van der Waals surface area contributed by atoms with Gasteiger partial charge in [-0.25, -0.2) is 0 Å². The van der Waals surface area contributed by atoms with Crippen LogP contribution in [-0.4, -0.2) is 31.7 Å². The molecule has 1 rings (SSSR count). The minimum atomic E-state index is -0.445. The number of non-ortho nitro benzene ring substituents is 1. The molecule has 0 aromatic heterocycles. The van der Waals surface area contributed by atoms with Crippen LogP contribution in [0.5, 0.6) is 0 Å². The molecule has 1 atom stereocenters. The minimum Gasteiger partial charge on any atom is -0.383 e. The van der Waals surface area contributed by atoms with Gasteiger partial charge in [0.2, 0.25) is 0 Å². The molecule has 0 heterocycles. The smallest absolute Gasteiger partial charge is 0.273 e. The van der Waals surface area contributed by atoms with Gasteiger partial charge in [-0.2, -0.15) is 0 Å². The van der Waals surface area contributed by atoms with Gasteiger partial charge in [-0.1, -0.05) is 0 Å². The fourth-order valence-electron chi connectivity index (χ4n) is 1.60. The second kappa shape index (κ2) is 6.18. The van der Waals surface area contributed by atoms with Crippen molar-refractivity contribution >= 4 is 17.1 Å². The predicted octanol–water partition coefficient (Wildman–Crippen LogP) is 1.35. The molecule has 3 N–H and O–H groups in total. The van der Waals surface area contributed by atoms with Crippen LogP contribution >= 0.6 is 0 Å². The van der Waals surface area contributed by atoms with Crippen LogP contribution in [0.2, 0.25) is 0 Å². The lowest BCUT2D eigenvalue weighted by atomic mass is 10.2. The number of hydrogen-bond donors (Lipinski definition) is 2. The first-order valence-electron chi connectivity index (χ1n) is 5.47. The number of hydrazine groups is 1. The number of rotatable bonds is 6. The number of likely N-dealkylation sites (N-methyl/N-ethyl adjacent to an activating group) is 1. The topological polar surface area (TPSA) is 93.7 Å². The van der Waals surface area contributed by atoms with E-state index in [4.69, 9.17) is 10.6 Å². The van der Waals surface area contributed by atoms with Crippen molar-refractivity contribution in [1.29, 1.82) is 0 Å². The van der Waals surface area contributed by atoms with Crippen LogP contribution in [-0.2, 0) is 4.74 Å². The molecule has 1 aromatic carbocycles. The van der Waals surface area contributed by atoms with Crippen LogP contribution in [0, 0.1) is 10.1 Å². The monoisotopic (exact) mass is 254 g/mol. The van der Waals surface area contributed by atoms with E-state index >= 15 is 0 Å². The van der Waals surface area contributed by atoms with E-state index < -0.39 is 4.92 Å². The summed E-state index contributed by atoms with van der Waals surface area (Å²) in [5, 5.41) is 10.8. The van der Waals surface area contributed by atoms with Crippen LogP contribution in [0.1, 0.15) is 6.92 Å². The highest BCUT2D eigenvalue weighted by Crippen LogP contribution is 2.27. The third kappa shape index (κ3) is 3.31. The summed E-state index contributed by atoms with van der Waals surface area (Å²) in [6.45, 7) is 2.50. The Bertz CT molecular complexity index is 425. The Labute approximate surface area is 106 Å². The average Bonchev–Trinajstić information content (AvgIpc) is 2.37. The average molecular weight is 254 g/mol. The van der Waals surface area contributed by atoms with Gasteiger partial charge in [0.15, 0.2) is 0 Å². The Balaban J connectivity index is 3.07. The molecule has 0 amide bonds. The molecule has 0 bridgehead atoms. The molecule has 0 fully saturated rings. The van der Waals surface area contributed by atoms with Crippen molar-refractivity contribution < 1.29 is 9.66 Å². The Hall–Kier alpha value is -1.86. The van der Waals surface area contributed by atoms with Crippen molar-refractivity contribution in [2.75, 3.05) is 31.1 Å². The minimum absolute atomic E-state index is 0.00285. The first-order chi connectivity index (χ1) is 8.49. The van der Waals surface area contributed by atoms with Gasteiger partial charge >= 0.3 is 0 Å². The number of anilines is 2. The summed E-state index contributed by atoms with van der Waals surface area (Å²) in [5.41, 5.74) is 3.63. The van der Waals surface area contributed by atoms with Gasteiger partial charge in [0, 0.05) is 38.0 Å². The Kier molecular flexibility index (Phi) is 4.87. The van der Waals surface area contributed by atoms with E-state index in [-0.39, 0.29) is 11.7 Å². The van der Waals surface area contributed by atoms with Gasteiger partial charge in [0.05, 0.1) is 17.2 Å². The molecule has 1 aromatic rings. The summed E-state index contributed by atoms with van der Waals surface area (Å²) in [6.07, 6.45) is 0. The highest BCUT2D eigenvalue weighted by molar-refractivity contribution is 5.64. The predicted molar refractivity (Wildman–Crippen MR) is 70.6 cm³/mol. The fraction of sp³-hybridized carbons (Fsp3) is 0.455. The van der Waals surface area contributed by atoms with Crippen LogP contribution in [0.15, 0.2) is 18.2 Å². The number of nitro benzene ring substituents is 1. The van der Waals surface area contributed by atoms with Crippen molar-refractivity contribution in [2.24, 2.45) is 5.84 Å². The molecule has 0 aliphatic rings. The lowest BCUT2D eigenvalue weighted by Crippen LogP contribution is -2.32. The molecule has 0 saturated carbocycles. The van der Waals surface area contributed by atoms with Gasteiger partial charge in [-0.15, -0.1) is 0 Å². The van der Waals surface area contributed by atoms with E-state index in [1.165, 1.54) is 12.1 Å². The van der Waals surface area contributed by atoms with E-state index in [0.29, 0.717) is 18.0 Å². The second-order valence-electron chi connectivity index (χ2n) is 4.05. The summed E-state index contributed by atoms with van der Waals surface area (Å²) in [7, 11) is 3.47. The van der Waals surface area contributed by atoms with Gasteiger partial charge < -0.3 is 15.1 Å². The lowest BCUT2D eigenvalue weighted by Gasteiger charge is -2.26. The summed E-state index contributed by atoms with van der Waals surface area (Å²) in [5.74, 6) is 5.31. The van der Waals surface area contributed by atoms with Crippen molar-refractivity contribution in [3.8, 4) is 0 Å². The molecule has 7 nitrogen and oxygen atoms in total. The number of nitrogen functional groups attached to an aromatic ring is 1. The van der Waals surface area contributed by atoms with E-state index in [1.54, 1.807) is 13.2 Å². The van der Waals surface area contributed by atoms with Gasteiger partial charge in [-0.3, -0.25) is 16.0 Å². The third-order valence-corrected chi connectivity index (χ3v) is 2.76. The summed E-state index contributed by atoms with van der Waals surface area (Å²) in [6, 6.07) is 4.74. The first kappa shape index (κ1) is 14.2. The van der Waals surface area contributed by atoms with Gasteiger partial charge in [-0.05, 0) is 13.0 Å². The van der Waals surface area contributed by atoms with Crippen molar-refractivity contribution in [2.45, 2.75) is 13.0 Å². The standard InChI is InChI=1S/C11H18N4O3/c1-8(7-18-3)14(2)10-4-9(13-12)5-11(6-10)15(16)17/h4-6,8,13H,7,12H2,1-3H3. The molecule has 0 spiro atoms. The zero-order valence-corrected chi connectivity index (χ0v) is 10.7. The molecular weight excluding hydrogens is 236 g/mol. The molecule has 0 aliphatic carbocycles. The molecule has 7 heteroatoms. The van der Waals surface area contributed by atoms with E-state index in [0.717, 1.165) is 0 Å². The lowest BCUT2D eigenvalue weighted by molar-refractivity contribution is -0.384. The van der Waals surface area contributed by atoms with Gasteiger partial charge in [0.25, 0.3) is 5.69 Å². The molecule has 1 unspecified atom stereocenters. The zero-order chi connectivity index (χ0) is 13.7. The van der Waals surface area contributed by atoms with E-state index in [2.05, 4.69) is 5.43 Å². The zero-order valence-electron chi connectivity index (χ0n) is 10.7. The fourth-order valence-corrected chi connectivity index (χ4v) is 1.60. The highest BCUT2D eigenvalue weighted by Gasteiger charge is 2.15. The molecular formula is C11H18N4O3. The van der Waals surface area contributed by atoms with Crippen molar-refractivity contribution in [1.82, 2.24) is 0 Å². The normalized spacial score (nSPS) is 12.0. The summed E-state index contributed by atoms with van der Waals surface area (Å²) >= 11 is 0. The van der Waals surface area contributed by atoms with Crippen LogP contribution < -0.4 is 16.2 Å². The first-order valence-corrected chi connectivity index (χ1v) is 5.47. The Morgan fingerprint density at radius 2 is 2.22 bits per heavy atom. The third-order valence-electron chi connectivity index (χ3n) is 2.76. The van der Waals surface area contributed by atoms with E-state index in [1.807, 2.05) is 18.9 Å². The number of benzene rings is 1. The number of nitrogens with two attached hydrogens (primary N) is 1. The maximum atomic E-state index is 10.8. The number of nitrogens with zero attached hydrogens (tertiary/aromatic N) is 2. The largest absolute Gasteiger partial charge is 0.383 e. The quantitative estimate of drug-likeness (QED) is 0.452. The number of hydrogen-bond acceptors (Lipinski definition) is 6. The summed E-state index contributed by atoms with van der Waals surface area (Å²) in [4.78, 5) is 12.3. The highest BCUT2D eigenvalue weighted by atomic mass is 16.6. The Morgan fingerprint density at radius 3 is 2.72 bits per heavy atom. The van der Waals surface area contributed by atoms with Crippen LogP contribution in [0.25, 0.3) is 0 Å².